The molecule has 0 radical (unpaired) electrons. The van der Waals surface area contributed by atoms with Gasteiger partial charge in [0.1, 0.15) is 0 Å². The molecule has 252 valence electrons. The molecule has 0 amide bonds. The monoisotopic (exact) mass is 615 g/mol. The Morgan fingerprint density at radius 1 is 0.333 bits per heavy atom. The van der Waals surface area contributed by atoms with Crippen molar-refractivity contribution in [3.8, 4) is 0 Å². The van der Waals surface area contributed by atoms with Gasteiger partial charge in [-0.05, 0) is 12.8 Å². The zero-order chi connectivity index (χ0) is 31.8. The van der Waals surface area contributed by atoms with Crippen molar-refractivity contribution in [2.45, 2.75) is 219 Å². The van der Waals surface area contributed by atoms with Crippen molar-refractivity contribution in [1.29, 1.82) is 0 Å². The zero-order valence-electron chi connectivity index (χ0n) is 28.8. The molecule has 0 aromatic heterocycles. The molecule has 0 spiro atoms. The van der Waals surface area contributed by atoms with Gasteiger partial charge < -0.3 is 14.4 Å². The highest BCUT2D eigenvalue weighted by Crippen LogP contribution is 2.15. The molecule has 0 rings (SSSR count). The topological polar surface area (TPSA) is 94.8 Å². The van der Waals surface area contributed by atoms with Crippen molar-refractivity contribution in [3.05, 3.63) is 0 Å². The summed E-state index contributed by atoms with van der Waals surface area (Å²) in [5, 5.41) is 17.0. The average Bonchev–Trinajstić information content (AvgIpc) is 2.98. The molecule has 0 aliphatic rings. The Morgan fingerprint density at radius 3 is 0.619 bits per heavy atom. The number of hydrogen-bond acceptors (Lipinski definition) is 3. The Hall–Kier alpha value is -0.568. The highest BCUT2D eigenvalue weighted by molar-refractivity contribution is 5.95. The Labute approximate surface area is 271 Å². The second-order valence-corrected chi connectivity index (χ2v) is 12.2. The van der Waals surface area contributed by atoms with Gasteiger partial charge in [0.05, 0.1) is 0 Å². The zero-order valence-corrected chi connectivity index (χ0v) is 30.8. The van der Waals surface area contributed by atoms with Crippen LogP contribution >= 0.6 is 0 Å². The first-order chi connectivity index (χ1) is 20.5. The Bertz CT molecular complexity index is 457. The van der Waals surface area contributed by atoms with Gasteiger partial charge in [-0.15, -0.1) is 0 Å². The van der Waals surface area contributed by atoms with Crippen LogP contribution in [0.25, 0.3) is 0 Å². The van der Waals surface area contributed by atoms with Gasteiger partial charge in [0.15, 0.2) is 0 Å². The van der Waals surface area contributed by atoms with Crippen molar-refractivity contribution < 1.29 is 24.0 Å². The molecule has 0 fully saturated rings. The average molecular weight is 615 g/mol. The van der Waals surface area contributed by atoms with E-state index in [0.29, 0.717) is 29.5 Å². The number of unbranched alkanes of at least 4 members (excludes halogenated alkanes) is 28. The van der Waals surface area contributed by atoms with E-state index in [1.54, 1.807) is 0 Å². The lowest BCUT2D eigenvalue weighted by Gasteiger charge is -2.03. The molecule has 0 aromatic rings. The van der Waals surface area contributed by atoms with Crippen LogP contribution in [0.15, 0.2) is 0 Å². The van der Waals surface area contributed by atoms with Gasteiger partial charge in [0.2, 0.25) is 0 Å². The van der Waals surface area contributed by atoms with Crippen LogP contribution in [0.4, 0.5) is 0 Å². The number of carboxylic acid groups (broad SMARTS) is 2. The molecular weight excluding hydrogens is 539 g/mol. The van der Waals surface area contributed by atoms with Crippen LogP contribution in [0, 0.1) is 0 Å². The summed E-state index contributed by atoms with van der Waals surface area (Å²) in [7, 11) is 0. The summed E-state index contributed by atoms with van der Waals surface area (Å²) in [6, 6.07) is 0. The standard InChI is InChI=1S/2C18H36O2.Al.H2O.2H/c2*1-2-3-4-5-6-7-8-9-10-11-12-13-14-15-16-17-18(19)20;;;;/h2*2-17H2,1H3,(H,19,20);;1H2;;/q;;+1;;;/p-1. The maximum atomic E-state index is 10.3. The lowest BCUT2D eigenvalue weighted by Crippen LogP contribution is -1.93. The third-order valence-corrected chi connectivity index (χ3v) is 7.99. The molecule has 3 N–H and O–H groups in total. The van der Waals surface area contributed by atoms with Crippen LogP contribution in [0.3, 0.4) is 0 Å². The molecule has 0 saturated carbocycles. The predicted molar refractivity (Wildman–Crippen MR) is 185 cm³/mol. The van der Waals surface area contributed by atoms with Crippen molar-refractivity contribution in [2.75, 3.05) is 0 Å². The molecule has 0 aliphatic heterocycles. The highest BCUT2D eigenvalue weighted by Gasteiger charge is 1.98. The minimum atomic E-state index is -0.653. The molecule has 0 saturated heterocycles. The highest BCUT2D eigenvalue weighted by atomic mass is 27.1. The lowest BCUT2D eigenvalue weighted by molar-refractivity contribution is -0.138. The number of hydrogen-bond donors (Lipinski definition) is 3. The molecule has 0 unspecified atom stereocenters. The molecule has 42 heavy (non-hydrogen) atoms. The van der Waals surface area contributed by atoms with E-state index in [1.807, 2.05) is 0 Å². The lowest BCUT2D eigenvalue weighted by atomic mass is 10.0. The molecule has 5 nitrogen and oxygen atoms in total. The Morgan fingerprint density at radius 2 is 0.476 bits per heavy atom. The minimum absolute atomic E-state index is 0.306. The van der Waals surface area contributed by atoms with E-state index in [2.05, 4.69) is 13.8 Å². The molecule has 0 heterocycles. The van der Waals surface area contributed by atoms with Crippen LogP contribution in [0.2, 0.25) is 0 Å². The summed E-state index contributed by atoms with van der Waals surface area (Å²) in [5.74, 6) is -1.31. The van der Waals surface area contributed by atoms with Gasteiger partial charge in [0, 0.05) is 12.8 Å². The summed E-state index contributed by atoms with van der Waals surface area (Å²) < 4.78 is 7.14. The molecule has 0 aliphatic carbocycles. The third kappa shape index (κ3) is 52.1. The normalized spacial score (nSPS) is 10.5. The smallest absolute Gasteiger partial charge is 0.407 e. The molecular formula is C36H75AlO5. The molecule has 6 heteroatoms. The van der Waals surface area contributed by atoms with E-state index in [-0.39, 0.29) is 0 Å². The third-order valence-electron chi connectivity index (χ3n) is 7.99. The minimum Gasteiger partial charge on any atom is -0.521 e. The fourth-order valence-corrected chi connectivity index (χ4v) is 5.30. The van der Waals surface area contributed by atoms with Crippen molar-refractivity contribution in [3.63, 3.8) is 0 Å². The van der Waals surface area contributed by atoms with Crippen LogP contribution in [0.5, 0.6) is 0 Å². The van der Waals surface area contributed by atoms with E-state index in [9.17, 15) is 9.59 Å². The fraction of sp³-hybridized carbons (Fsp3) is 0.944. The summed E-state index contributed by atoms with van der Waals surface area (Å²) >= 11 is 0.306. The van der Waals surface area contributed by atoms with E-state index in [1.165, 1.54) is 167 Å². The first-order valence-corrected chi connectivity index (χ1v) is 19.3. The van der Waals surface area contributed by atoms with Gasteiger partial charge in [-0.25, -0.2) is 0 Å². The van der Waals surface area contributed by atoms with E-state index in [0.717, 1.165) is 25.7 Å². The summed E-state index contributed by atoms with van der Waals surface area (Å²) in [4.78, 5) is 20.7. The van der Waals surface area contributed by atoms with E-state index in [4.69, 9.17) is 14.4 Å². The number of carbonyl (C=O) groups is 2. The van der Waals surface area contributed by atoms with Gasteiger partial charge >= 0.3 is 28.6 Å². The van der Waals surface area contributed by atoms with Gasteiger partial charge in [-0.3, -0.25) is 9.59 Å². The Balaban J connectivity index is -0.000000683. The SMILES string of the molecule is CCCCCCCCCCCCCCCCCC(=O)O.CCCCCCCCCCCCCCCCCC(=O)O.[OH][AlH2]. The van der Waals surface area contributed by atoms with Gasteiger partial charge in [0.25, 0.3) is 0 Å². The Kier molecular flexibility index (Phi) is 49.0. The summed E-state index contributed by atoms with van der Waals surface area (Å²) in [6.07, 6.45) is 40.4. The second kappa shape index (κ2) is 44.9. The number of aliphatic carboxylic acids is 2. The van der Waals surface area contributed by atoms with Crippen LogP contribution < -0.4 is 0 Å². The summed E-state index contributed by atoms with van der Waals surface area (Å²) in [6.45, 7) is 4.54. The number of carboxylic acids is 2. The maximum absolute atomic E-state index is 10.3. The number of rotatable bonds is 32. The van der Waals surface area contributed by atoms with Gasteiger partial charge in [-0.1, -0.05) is 194 Å². The van der Waals surface area contributed by atoms with E-state index < -0.39 is 11.9 Å². The van der Waals surface area contributed by atoms with E-state index >= 15 is 0 Å². The first kappa shape index (κ1) is 45.9. The van der Waals surface area contributed by atoms with Crippen molar-refractivity contribution in [2.24, 2.45) is 0 Å². The molecule has 0 bridgehead atoms. The summed E-state index contributed by atoms with van der Waals surface area (Å²) in [5.41, 5.74) is 0. The largest absolute Gasteiger partial charge is 0.521 e. The molecule has 0 atom stereocenters. The van der Waals surface area contributed by atoms with Crippen molar-refractivity contribution >= 4 is 28.6 Å². The van der Waals surface area contributed by atoms with Gasteiger partial charge in [-0.2, -0.15) is 0 Å². The molecule has 0 aromatic carbocycles. The van der Waals surface area contributed by atoms with Crippen LogP contribution in [-0.4, -0.2) is 42.9 Å². The predicted octanol–water partition coefficient (Wildman–Crippen LogP) is 11.2. The second-order valence-electron chi connectivity index (χ2n) is 12.2. The maximum Gasteiger partial charge on any atom is 0.407 e. The first-order valence-electron chi connectivity index (χ1n) is 18.4. The fourth-order valence-electron chi connectivity index (χ4n) is 5.30. The van der Waals surface area contributed by atoms with Crippen LogP contribution in [-0.2, 0) is 9.59 Å². The van der Waals surface area contributed by atoms with Crippen molar-refractivity contribution in [1.82, 2.24) is 0 Å². The van der Waals surface area contributed by atoms with Crippen LogP contribution in [0.1, 0.15) is 219 Å². The quantitative estimate of drug-likeness (QED) is 0.0517.